The molecule has 0 spiro atoms. The summed E-state index contributed by atoms with van der Waals surface area (Å²) in [6.45, 7) is 2.47. The number of benzene rings is 2. The van der Waals surface area contributed by atoms with Gasteiger partial charge < -0.3 is 10.1 Å². The van der Waals surface area contributed by atoms with Crippen molar-refractivity contribution in [3.8, 4) is 0 Å². The molecule has 3 rings (SSSR count). The molecule has 1 heterocycles. The molecule has 0 bridgehead atoms. The second kappa shape index (κ2) is 8.70. The third-order valence-corrected chi connectivity index (χ3v) is 4.17. The quantitative estimate of drug-likeness (QED) is 0.863. The van der Waals surface area contributed by atoms with Crippen LogP contribution >= 0.6 is 12.4 Å². The van der Waals surface area contributed by atoms with Gasteiger partial charge in [-0.05, 0) is 55.1 Å². The van der Waals surface area contributed by atoms with Gasteiger partial charge in [-0.1, -0.05) is 42.5 Å². The lowest BCUT2D eigenvalue weighted by molar-refractivity contribution is 0.0472. The normalized spacial score (nSPS) is 14.8. The van der Waals surface area contributed by atoms with Crippen LogP contribution in [0.25, 0.3) is 0 Å². The van der Waals surface area contributed by atoms with Crippen molar-refractivity contribution in [3.05, 3.63) is 71.3 Å². The zero-order valence-corrected chi connectivity index (χ0v) is 13.9. The van der Waals surface area contributed by atoms with Crippen LogP contribution in [0.2, 0.25) is 0 Å². The SMILES string of the molecule is Cl.O=C(OCc1ccccc1)c1ccc(C2CCNCC2)cc1. The van der Waals surface area contributed by atoms with E-state index in [1.807, 2.05) is 42.5 Å². The summed E-state index contributed by atoms with van der Waals surface area (Å²) in [7, 11) is 0. The Labute approximate surface area is 143 Å². The fraction of sp³-hybridized carbons (Fsp3) is 0.316. The minimum atomic E-state index is -0.263. The summed E-state index contributed by atoms with van der Waals surface area (Å²) in [5, 5.41) is 3.37. The van der Waals surface area contributed by atoms with Gasteiger partial charge in [-0.15, -0.1) is 12.4 Å². The molecule has 1 fully saturated rings. The van der Waals surface area contributed by atoms with Crippen LogP contribution in [0.5, 0.6) is 0 Å². The van der Waals surface area contributed by atoms with Crippen LogP contribution in [-0.4, -0.2) is 19.1 Å². The number of nitrogens with one attached hydrogen (secondary N) is 1. The van der Waals surface area contributed by atoms with Gasteiger partial charge >= 0.3 is 5.97 Å². The lowest BCUT2D eigenvalue weighted by Crippen LogP contribution is -2.26. The first-order valence-corrected chi connectivity index (χ1v) is 7.84. The molecule has 0 aliphatic carbocycles. The molecule has 0 aromatic heterocycles. The molecule has 0 unspecified atom stereocenters. The van der Waals surface area contributed by atoms with E-state index in [4.69, 9.17) is 4.74 Å². The summed E-state index contributed by atoms with van der Waals surface area (Å²) in [6.07, 6.45) is 2.33. The van der Waals surface area contributed by atoms with E-state index in [9.17, 15) is 4.79 Å². The highest BCUT2D eigenvalue weighted by Crippen LogP contribution is 2.25. The molecule has 0 amide bonds. The standard InChI is InChI=1S/C19H21NO2.ClH/c21-19(22-14-15-4-2-1-3-5-15)18-8-6-16(7-9-18)17-10-12-20-13-11-17;/h1-9,17,20H,10-14H2;1H. The van der Waals surface area contributed by atoms with Crippen molar-refractivity contribution in [2.45, 2.75) is 25.4 Å². The van der Waals surface area contributed by atoms with Gasteiger partial charge in [0.25, 0.3) is 0 Å². The molecule has 1 aliphatic heterocycles. The molecule has 23 heavy (non-hydrogen) atoms. The van der Waals surface area contributed by atoms with Crippen molar-refractivity contribution >= 4 is 18.4 Å². The van der Waals surface area contributed by atoms with Crippen LogP contribution in [0, 0.1) is 0 Å². The van der Waals surface area contributed by atoms with Gasteiger partial charge in [-0.25, -0.2) is 4.79 Å². The summed E-state index contributed by atoms with van der Waals surface area (Å²) >= 11 is 0. The third kappa shape index (κ3) is 4.81. The molecule has 3 nitrogen and oxygen atoms in total. The zero-order chi connectivity index (χ0) is 15.2. The number of carbonyl (C=O) groups is 1. The van der Waals surface area contributed by atoms with Crippen LogP contribution < -0.4 is 5.32 Å². The van der Waals surface area contributed by atoms with Crippen molar-refractivity contribution in [1.82, 2.24) is 5.32 Å². The van der Waals surface area contributed by atoms with Crippen molar-refractivity contribution in [1.29, 1.82) is 0 Å². The molecule has 1 N–H and O–H groups in total. The maximum atomic E-state index is 12.1. The molecule has 122 valence electrons. The highest BCUT2D eigenvalue weighted by Gasteiger charge is 2.15. The summed E-state index contributed by atoms with van der Waals surface area (Å²) < 4.78 is 5.35. The first-order chi connectivity index (χ1) is 10.8. The Kier molecular flexibility index (Phi) is 6.63. The van der Waals surface area contributed by atoms with Crippen LogP contribution in [0.3, 0.4) is 0 Å². The molecular formula is C19H22ClNO2. The van der Waals surface area contributed by atoms with Crippen LogP contribution in [0.4, 0.5) is 0 Å². The zero-order valence-electron chi connectivity index (χ0n) is 13.0. The van der Waals surface area contributed by atoms with Gasteiger partial charge in [0, 0.05) is 0 Å². The highest BCUT2D eigenvalue weighted by atomic mass is 35.5. The Bertz CT molecular complexity index is 607. The predicted molar refractivity (Wildman–Crippen MR) is 94.1 cm³/mol. The summed E-state index contributed by atoms with van der Waals surface area (Å²) in [5.74, 6) is 0.344. The van der Waals surface area contributed by atoms with E-state index in [0.717, 1.165) is 31.5 Å². The Hall–Kier alpha value is -1.84. The molecule has 1 saturated heterocycles. The van der Waals surface area contributed by atoms with Crippen LogP contribution in [0.1, 0.15) is 40.2 Å². The van der Waals surface area contributed by atoms with Crippen molar-refractivity contribution in [3.63, 3.8) is 0 Å². The average Bonchev–Trinajstić information content (AvgIpc) is 2.61. The smallest absolute Gasteiger partial charge is 0.338 e. The van der Waals surface area contributed by atoms with Gasteiger partial charge in [0.05, 0.1) is 5.56 Å². The number of hydrogen-bond acceptors (Lipinski definition) is 3. The van der Waals surface area contributed by atoms with Crippen LogP contribution in [-0.2, 0) is 11.3 Å². The molecule has 1 aliphatic rings. The summed E-state index contributed by atoms with van der Waals surface area (Å²) in [4.78, 5) is 12.1. The fourth-order valence-electron chi connectivity index (χ4n) is 2.85. The van der Waals surface area contributed by atoms with Crippen molar-refractivity contribution in [2.24, 2.45) is 0 Å². The Morgan fingerprint density at radius 2 is 1.65 bits per heavy atom. The number of esters is 1. The maximum Gasteiger partial charge on any atom is 0.338 e. The van der Waals surface area contributed by atoms with E-state index in [1.165, 1.54) is 5.56 Å². The summed E-state index contributed by atoms with van der Waals surface area (Å²) in [6, 6.07) is 17.6. The van der Waals surface area contributed by atoms with E-state index < -0.39 is 0 Å². The monoisotopic (exact) mass is 331 g/mol. The lowest BCUT2D eigenvalue weighted by Gasteiger charge is -2.23. The minimum Gasteiger partial charge on any atom is -0.457 e. The predicted octanol–water partition coefficient (Wildman–Crippen LogP) is 3.93. The molecular weight excluding hydrogens is 310 g/mol. The van der Waals surface area contributed by atoms with E-state index in [1.54, 1.807) is 0 Å². The van der Waals surface area contributed by atoms with Gasteiger partial charge in [-0.3, -0.25) is 0 Å². The van der Waals surface area contributed by atoms with Gasteiger partial charge in [0.2, 0.25) is 0 Å². The molecule has 4 heteroatoms. The Morgan fingerprint density at radius 1 is 1.00 bits per heavy atom. The van der Waals surface area contributed by atoms with E-state index >= 15 is 0 Å². The third-order valence-electron chi connectivity index (χ3n) is 4.17. The van der Waals surface area contributed by atoms with E-state index in [-0.39, 0.29) is 18.4 Å². The van der Waals surface area contributed by atoms with E-state index in [2.05, 4.69) is 17.4 Å². The maximum absolute atomic E-state index is 12.1. The van der Waals surface area contributed by atoms with E-state index in [0.29, 0.717) is 18.1 Å². The second-order valence-corrected chi connectivity index (χ2v) is 5.71. The fourth-order valence-corrected chi connectivity index (χ4v) is 2.85. The largest absolute Gasteiger partial charge is 0.457 e. The number of halogens is 1. The minimum absolute atomic E-state index is 0. The Morgan fingerprint density at radius 3 is 2.30 bits per heavy atom. The molecule has 0 saturated carbocycles. The van der Waals surface area contributed by atoms with Gasteiger partial charge in [0.15, 0.2) is 0 Å². The van der Waals surface area contributed by atoms with Crippen LogP contribution in [0.15, 0.2) is 54.6 Å². The first kappa shape index (κ1) is 17.5. The first-order valence-electron chi connectivity index (χ1n) is 7.84. The lowest BCUT2D eigenvalue weighted by atomic mass is 9.90. The number of ether oxygens (including phenoxy) is 1. The summed E-state index contributed by atoms with van der Waals surface area (Å²) in [5.41, 5.74) is 2.94. The number of hydrogen-bond donors (Lipinski definition) is 1. The Balaban J connectivity index is 0.00000192. The van der Waals surface area contributed by atoms with Gasteiger partial charge in [0.1, 0.15) is 6.61 Å². The second-order valence-electron chi connectivity index (χ2n) is 5.71. The average molecular weight is 332 g/mol. The molecule has 0 radical (unpaired) electrons. The number of carbonyl (C=O) groups excluding carboxylic acids is 1. The van der Waals surface area contributed by atoms with Crippen molar-refractivity contribution in [2.75, 3.05) is 13.1 Å². The van der Waals surface area contributed by atoms with Gasteiger partial charge in [-0.2, -0.15) is 0 Å². The number of piperidine rings is 1. The molecule has 0 atom stereocenters. The molecule has 2 aromatic carbocycles. The van der Waals surface area contributed by atoms with Crippen molar-refractivity contribution < 1.29 is 9.53 Å². The topological polar surface area (TPSA) is 38.3 Å². The number of rotatable bonds is 4. The molecule has 2 aromatic rings. The highest BCUT2D eigenvalue weighted by molar-refractivity contribution is 5.89.